The summed E-state index contributed by atoms with van der Waals surface area (Å²) in [5.41, 5.74) is 1.74. The van der Waals surface area contributed by atoms with Crippen molar-refractivity contribution in [2.45, 2.75) is 111 Å². The molecule has 6 rings (SSSR count). The highest BCUT2D eigenvalue weighted by Crippen LogP contribution is 2.69. The van der Waals surface area contributed by atoms with Gasteiger partial charge in [-0.2, -0.15) is 0 Å². The van der Waals surface area contributed by atoms with Crippen molar-refractivity contribution < 1.29 is 19.0 Å². The van der Waals surface area contributed by atoms with Gasteiger partial charge in [0.25, 0.3) is 0 Å². The monoisotopic (exact) mass is 610 g/mol. The largest absolute Gasteiger partial charge is 0.373 e. The number of nitro groups is 1. The van der Waals surface area contributed by atoms with E-state index in [-0.39, 0.29) is 16.6 Å². The lowest BCUT2D eigenvalue weighted by molar-refractivity contribution is -0.383. The van der Waals surface area contributed by atoms with Gasteiger partial charge in [0.15, 0.2) is 11.3 Å². The fourth-order valence-electron chi connectivity index (χ4n) is 10.8. The molecule has 9 heteroatoms. The molecule has 2 heterocycles. The maximum atomic E-state index is 11.5. The Bertz CT molecular complexity index is 1320. The van der Waals surface area contributed by atoms with Gasteiger partial charge in [-0.1, -0.05) is 53.9 Å². The van der Waals surface area contributed by atoms with Gasteiger partial charge in [0, 0.05) is 31.5 Å². The van der Waals surface area contributed by atoms with Crippen LogP contribution in [0.25, 0.3) is 11.0 Å². The van der Waals surface area contributed by atoms with Gasteiger partial charge in [-0.05, 0) is 102 Å². The van der Waals surface area contributed by atoms with Gasteiger partial charge < -0.3 is 14.4 Å². The number of rotatable bonds is 11. The Hall–Kier alpha value is -2.26. The molecule has 1 saturated heterocycles. The molecule has 1 spiro atoms. The second-order valence-corrected chi connectivity index (χ2v) is 15.7. The number of benzene rings is 1. The first-order chi connectivity index (χ1) is 21.0. The third-order valence-corrected chi connectivity index (χ3v) is 13.1. The first-order valence-corrected chi connectivity index (χ1v) is 17.4. The molecule has 0 bridgehead atoms. The number of ether oxygens (including phenoxy) is 2. The van der Waals surface area contributed by atoms with E-state index in [1.165, 1.54) is 57.4 Å². The fraction of sp³-hybridized carbons (Fsp3) is 0.829. The molecule has 0 radical (unpaired) electrons. The van der Waals surface area contributed by atoms with E-state index in [1.807, 2.05) is 7.05 Å². The molecule has 4 aliphatic rings. The molecule has 2 aromatic rings. The normalized spacial score (nSPS) is 33.5. The van der Waals surface area contributed by atoms with Gasteiger partial charge in [0.2, 0.25) is 5.52 Å². The Morgan fingerprint density at radius 2 is 1.73 bits per heavy atom. The van der Waals surface area contributed by atoms with E-state index in [2.05, 4.69) is 49.8 Å². The molecule has 7 atom stereocenters. The molecule has 0 N–H and O–H groups in total. The third-order valence-electron chi connectivity index (χ3n) is 13.1. The Morgan fingerprint density at radius 1 is 0.977 bits per heavy atom. The van der Waals surface area contributed by atoms with Crippen LogP contribution in [0, 0.1) is 56.5 Å². The average Bonchev–Trinajstić information content (AvgIpc) is 3.73. The molecule has 1 aromatic carbocycles. The highest BCUT2D eigenvalue weighted by molar-refractivity contribution is 5.93. The number of fused-ring (bicyclic) bond motifs is 4. The molecule has 0 amide bonds. The quantitative estimate of drug-likeness (QED) is 0.184. The summed E-state index contributed by atoms with van der Waals surface area (Å²) in [6, 6.07) is 3.26. The number of anilines is 1. The SMILES string of the molecule is CC(C)CCC[C@@H](C)[C@H]1CC[C@H]2[C@@H]3CCC4(OCCO4)[C@](C)(CCCN(C)c4ccc([N+](=O)[O-])c5nonc45)[C@H]3CC[C@]12C. The van der Waals surface area contributed by atoms with Crippen molar-refractivity contribution in [3.05, 3.63) is 22.2 Å². The lowest BCUT2D eigenvalue weighted by atomic mass is 9.46. The minimum atomic E-state index is -0.487. The molecule has 3 aliphatic carbocycles. The first kappa shape index (κ1) is 31.7. The summed E-state index contributed by atoms with van der Waals surface area (Å²) in [4.78, 5) is 13.2. The lowest BCUT2D eigenvalue weighted by Gasteiger charge is -2.61. The number of aromatic nitrogens is 2. The van der Waals surface area contributed by atoms with Crippen LogP contribution in [0.3, 0.4) is 0 Å². The number of non-ortho nitro benzene ring substituents is 1. The molecule has 4 fully saturated rings. The van der Waals surface area contributed by atoms with Gasteiger partial charge in [-0.15, -0.1) is 0 Å². The van der Waals surface area contributed by atoms with E-state index < -0.39 is 10.7 Å². The van der Waals surface area contributed by atoms with Crippen LogP contribution in [-0.4, -0.2) is 47.8 Å². The van der Waals surface area contributed by atoms with Crippen molar-refractivity contribution in [2.75, 3.05) is 31.7 Å². The van der Waals surface area contributed by atoms with E-state index in [1.54, 1.807) is 6.07 Å². The van der Waals surface area contributed by atoms with Gasteiger partial charge in [-0.3, -0.25) is 10.1 Å². The zero-order valence-electron chi connectivity index (χ0n) is 27.8. The van der Waals surface area contributed by atoms with Crippen molar-refractivity contribution in [1.29, 1.82) is 0 Å². The maximum Gasteiger partial charge on any atom is 0.300 e. The van der Waals surface area contributed by atoms with Crippen LogP contribution in [0.4, 0.5) is 11.4 Å². The van der Waals surface area contributed by atoms with Crippen LogP contribution in [0.2, 0.25) is 0 Å². The summed E-state index contributed by atoms with van der Waals surface area (Å²) in [6.07, 6.45) is 13.7. The standard InChI is InChI=1S/C35H54N4O5/c1-23(2)9-7-10-24(3)26-11-12-27-25-15-19-35(42-21-22-43-35)34(5,28(25)16-18-33(26,27)4)17-8-20-38(6)29-13-14-30(39(40)41)32-31(29)36-44-37-32/h13-14,23-28H,7-12,15-22H2,1-6H3/t24-,25+,26-,27+,28+,33-,34-/m1/s1. The molecule has 0 unspecified atom stereocenters. The summed E-state index contributed by atoms with van der Waals surface area (Å²) in [5.74, 6) is 4.10. The van der Waals surface area contributed by atoms with Gasteiger partial charge >= 0.3 is 5.69 Å². The highest BCUT2D eigenvalue weighted by Gasteiger charge is 2.65. The van der Waals surface area contributed by atoms with Crippen LogP contribution < -0.4 is 4.90 Å². The number of hydrogen-bond acceptors (Lipinski definition) is 8. The molecule has 3 saturated carbocycles. The first-order valence-electron chi connectivity index (χ1n) is 17.4. The number of nitro benzene ring substituents is 1. The van der Waals surface area contributed by atoms with Crippen LogP contribution in [-0.2, 0) is 9.47 Å². The van der Waals surface area contributed by atoms with Crippen LogP contribution in [0.5, 0.6) is 0 Å². The molecular formula is C35H54N4O5. The zero-order chi connectivity index (χ0) is 31.3. The molecule has 1 aromatic heterocycles. The van der Waals surface area contributed by atoms with E-state index >= 15 is 0 Å². The maximum absolute atomic E-state index is 11.5. The summed E-state index contributed by atoms with van der Waals surface area (Å²) >= 11 is 0. The molecule has 1 aliphatic heterocycles. The van der Waals surface area contributed by atoms with Gasteiger partial charge in [-0.25, -0.2) is 4.63 Å². The van der Waals surface area contributed by atoms with Crippen molar-refractivity contribution in [3.63, 3.8) is 0 Å². The van der Waals surface area contributed by atoms with Crippen LogP contribution in [0.1, 0.15) is 105 Å². The van der Waals surface area contributed by atoms with Gasteiger partial charge in [0.05, 0.1) is 23.8 Å². The van der Waals surface area contributed by atoms with Crippen LogP contribution >= 0.6 is 0 Å². The van der Waals surface area contributed by atoms with Crippen molar-refractivity contribution >= 4 is 22.4 Å². The van der Waals surface area contributed by atoms with Crippen molar-refractivity contribution in [1.82, 2.24) is 10.3 Å². The minimum absolute atomic E-state index is 0.0597. The second-order valence-electron chi connectivity index (χ2n) is 15.7. The van der Waals surface area contributed by atoms with Crippen molar-refractivity contribution in [3.8, 4) is 0 Å². The Labute approximate surface area is 262 Å². The topological polar surface area (TPSA) is 104 Å². The van der Waals surface area contributed by atoms with E-state index in [0.717, 1.165) is 61.1 Å². The van der Waals surface area contributed by atoms with E-state index in [9.17, 15) is 10.1 Å². The smallest absolute Gasteiger partial charge is 0.300 e. The molecule has 44 heavy (non-hydrogen) atoms. The van der Waals surface area contributed by atoms with Gasteiger partial charge in [0.1, 0.15) is 0 Å². The average molecular weight is 611 g/mol. The van der Waals surface area contributed by atoms with E-state index in [4.69, 9.17) is 14.1 Å². The Kier molecular flexibility index (Phi) is 8.76. The van der Waals surface area contributed by atoms with Crippen molar-refractivity contribution in [2.24, 2.45) is 46.3 Å². The summed E-state index contributed by atoms with van der Waals surface area (Å²) in [6.45, 7) is 14.6. The summed E-state index contributed by atoms with van der Waals surface area (Å²) in [5, 5.41) is 19.3. The predicted octanol–water partition coefficient (Wildman–Crippen LogP) is 8.41. The molecule has 244 valence electrons. The lowest BCUT2D eigenvalue weighted by Crippen LogP contribution is -2.60. The van der Waals surface area contributed by atoms with Crippen LogP contribution in [0.15, 0.2) is 16.8 Å². The molecular weight excluding hydrogens is 556 g/mol. The summed E-state index contributed by atoms with van der Waals surface area (Å²) in [7, 11) is 2.02. The van der Waals surface area contributed by atoms with E-state index in [0.29, 0.717) is 30.1 Å². The fourth-order valence-corrected chi connectivity index (χ4v) is 10.8. The number of hydrogen-bond donors (Lipinski definition) is 0. The number of nitrogens with zero attached hydrogens (tertiary/aromatic N) is 4. The highest BCUT2D eigenvalue weighted by atomic mass is 16.7. The Balaban J connectivity index is 1.18. The Morgan fingerprint density at radius 3 is 2.45 bits per heavy atom. The molecule has 9 nitrogen and oxygen atoms in total. The predicted molar refractivity (Wildman–Crippen MR) is 171 cm³/mol. The summed E-state index contributed by atoms with van der Waals surface area (Å²) < 4.78 is 18.1. The third kappa shape index (κ3) is 5.23. The second kappa shape index (κ2) is 12.2. The zero-order valence-corrected chi connectivity index (χ0v) is 27.8. The minimum Gasteiger partial charge on any atom is -0.373 e.